The molecular formula is C10H15N7O3. The predicted molar refractivity (Wildman–Crippen MR) is 70.6 cm³/mol. The topological polar surface area (TPSA) is 153 Å². The molecule has 10 nitrogen and oxygen atoms in total. The zero-order valence-corrected chi connectivity index (χ0v) is 10.9. The van der Waals surface area contributed by atoms with Crippen molar-refractivity contribution in [3.05, 3.63) is 16.3 Å². The van der Waals surface area contributed by atoms with Crippen molar-refractivity contribution in [2.24, 2.45) is 17.0 Å². The normalized spacial score (nSPS) is 21.8. The van der Waals surface area contributed by atoms with Crippen LogP contribution in [-0.4, -0.2) is 33.9 Å². The van der Waals surface area contributed by atoms with Gasteiger partial charge in [-0.3, -0.25) is 20.3 Å². The highest BCUT2D eigenvalue weighted by Gasteiger charge is 2.41. The third kappa shape index (κ3) is 2.32. The lowest BCUT2D eigenvalue weighted by molar-refractivity contribution is -0.384. The molecule has 5 N–H and O–H groups in total. The van der Waals surface area contributed by atoms with Gasteiger partial charge in [-0.05, 0) is 13.3 Å². The standard InChI is InChI=1S/C10H15N7O3/c1-10(8(11)18)2-3-16(5-10)7-6(17(19)20)4-13-9(14-7)15-12/h4H,2-3,5,12H2,1H3,(H2,11,18)(H,13,14,15). The second kappa shape index (κ2) is 4.89. The number of hydrazine groups is 1. The van der Waals surface area contributed by atoms with Crippen LogP contribution < -0.4 is 21.9 Å². The summed E-state index contributed by atoms with van der Waals surface area (Å²) < 4.78 is 0. The van der Waals surface area contributed by atoms with Crippen LogP contribution in [0, 0.1) is 15.5 Å². The van der Waals surface area contributed by atoms with Crippen LogP contribution in [0.1, 0.15) is 13.3 Å². The minimum atomic E-state index is -0.727. The van der Waals surface area contributed by atoms with Crippen molar-refractivity contribution in [2.75, 3.05) is 23.4 Å². The summed E-state index contributed by atoms with van der Waals surface area (Å²) >= 11 is 0. The number of anilines is 2. The lowest BCUT2D eigenvalue weighted by atomic mass is 9.89. The smallest absolute Gasteiger partial charge is 0.329 e. The fourth-order valence-corrected chi connectivity index (χ4v) is 2.14. The van der Waals surface area contributed by atoms with Crippen LogP contribution in [0.4, 0.5) is 17.5 Å². The number of amides is 1. The van der Waals surface area contributed by atoms with Crippen molar-refractivity contribution in [1.82, 2.24) is 9.97 Å². The van der Waals surface area contributed by atoms with Gasteiger partial charge in [-0.25, -0.2) is 10.8 Å². The van der Waals surface area contributed by atoms with Crippen molar-refractivity contribution in [2.45, 2.75) is 13.3 Å². The first kappa shape index (κ1) is 13.9. The fraction of sp³-hybridized carbons (Fsp3) is 0.500. The van der Waals surface area contributed by atoms with Crippen LogP contribution in [0.5, 0.6) is 0 Å². The molecule has 1 fully saturated rings. The van der Waals surface area contributed by atoms with E-state index in [4.69, 9.17) is 11.6 Å². The molecule has 1 aliphatic rings. The zero-order valence-electron chi connectivity index (χ0n) is 10.9. The SMILES string of the molecule is CC1(C(N)=O)CCN(c2nc(NN)ncc2[N+](=O)[O-])C1. The van der Waals surface area contributed by atoms with Gasteiger partial charge in [0.15, 0.2) is 0 Å². The Morgan fingerprint density at radius 2 is 2.35 bits per heavy atom. The molecule has 1 aromatic rings. The third-order valence-electron chi connectivity index (χ3n) is 3.44. The van der Waals surface area contributed by atoms with Gasteiger partial charge < -0.3 is 10.6 Å². The predicted octanol–water partition coefficient (Wildman–Crippen LogP) is -0.628. The molecule has 2 rings (SSSR count). The maximum atomic E-state index is 11.4. The van der Waals surface area contributed by atoms with Gasteiger partial charge >= 0.3 is 5.69 Å². The number of carbonyl (C=O) groups excluding carboxylic acids is 1. The molecule has 1 saturated heterocycles. The summed E-state index contributed by atoms with van der Waals surface area (Å²) in [4.78, 5) is 31.3. The number of primary amides is 1. The Morgan fingerprint density at radius 3 is 2.85 bits per heavy atom. The Bertz CT molecular complexity index is 564. The summed E-state index contributed by atoms with van der Waals surface area (Å²) in [6, 6.07) is 0. The van der Waals surface area contributed by atoms with E-state index in [9.17, 15) is 14.9 Å². The fourth-order valence-electron chi connectivity index (χ4n) is 2.14. The van der Waals surface area contributed by atoms with E-state index in [0.29, 0.717) is 13.0 Å². The van der Waals surface area contributed by atoms with Gasteiger partial charge in [0.2, 0.25) is 17.7 Å². The molecule has 20 heavy (non-hydrogen) atoms. The zero-order chi connectivity index (χ0) is 14.9. The lowest BCUT2D eigenvalue weighted by Crippen LogP contribution is -2.37. The molecule has 1 atom stereocenters. The number of nitro groups is 1. The molecule has 1 aromatic heterocycles. The molecule has 2 heterocycles. The molecule has 0 bridgehead atoms. The van der Waals surface area contributed by atoms with E-state index in [2.05, 4.69) is 15.4 Å². The van der Waals surface area contributed by atoms with E-state index in [0.717, 1.165) is 6.20 Å². The summed E-state index contributed by atoms with van der Waals surface area (Å²) in [6.07, 6.45) is 1.59. The van der Waals surface area contributed by atoms with E-state index < -0.39 is 16.2 Å². The second-order valence-electron chi connectivity index (χ2n) is 4.90. The quantitative estimate of drug-likeness (QED) is 0.374. The summed E-state index contributed by atoms with van der Waals surface area (Å²) in [5.41, 5.74) is 6.63. The number of carbonyl (C=O) groups is 1. The Morgan fingerprint density at radius 1 is 1.65 bits per heavy atom. The van der Waals surface area contributed by atoms with Crippen molar-refractivity contribution in [3.8, 4) is 0 Å². The van der Waals surface area contributed by atoms with Gasteiger partial charge in [0.1, 0.15) is 6.20 Å². The van der Waals surface area contributed by atoms with Gasteiger partial charge in [0.25, 0.3) is 0 Å². The van der Waals surface area contributed by atoms with E-state index in [1.807, 2.05) is 0 Å². The number of aromatic nitrogens is 2. The highest BCUT2D eigenvalue weighted by atomic mass is 16.6. The lowest BCUT2D eigenvalue weighted by Gasteiger charge is -2.21. The summed E-state index contributed by atoms with van der Waals surface area (Å²) in [6.45, 7) is 2.44. The summed E-state index contributed by atoms with van der Waals surface area (Å²) in [5.74, 6) is 4.97. The van der Waals surface area contributed by atoms with E-state index >= 15 is 0 Å². The molecular weight excluding hydrogens is 266 g/mol. The van der Waals surface area contributed by atoms with Crippen LogP contribution in [0.25, 0.3) is 0 Å². The monoisotopic (exact) mass is 281 g/mol. The van der Waals surface area contributed by atoms with Crippen molar-refractivity contribution >= 4 is 23.4 Å². The Labute approximate surface area is 114 Å². The number of nitrogens with one attached hydrogen (secondary N) is 1. The largest absolute Gasteiger partial charge is 0.369 e. The first-order chi connectivity index (χ1) is 9.37. The van der Waals surface area contributed by atoms with Gasteiger partial charge in [-0.15, -0.1) is 0 Å². The van der Waals surface area contributed by atoms with Crippen molar-refractivity contribution in [1.29, 1.82) is 0 Å². The van der Waals surface area contributed by atoms with Crippen LogP contribution >= 0.6 is 0 Å². The first-order valence-electron chi connectivity index (χ1n) is 5.90. The number of rotatable bonds is 4. The maximum absolute atomic E-state index is 11.4. The van der Waals surface area contributed by atoms with Crippen LogP contribution in [0.3, 0.4) is 0 Å². The van der Waals surface area contributed by atoms with Crippen LogP contribution in [0.2, 0.25) is 0 Å². The molecule has 0 radical (unpaired) electrons. The van der Waals surface area contributed by atoms with Crippen LogP contribution in [0.15, 0.2) is 6.20 Å². The number of hydrogen-bond donors (Lipinski definition) is 3. The average molecular weight is 281 g/mol. The molecule has 1 unspecified atom stereocenters. The molecule has 10 heteroatoms. The summed E-state index contributed by atoms with van der Waals surface area (Å²) in [7, 11) is 0. The number of nitrogen functional groups attached to an aromatic ring is 1. The molecule has 0 spiro atoms. The maximum Gasteiger partial charge on any atom is 0.329 e. The Hall–Kier alpha value is -2.49. The molecule has 108 valence electrons. The number of nitrogens with two attached hydrogens (primary N) is 2. The third-order valence-corrected chi connectivity index (χ3v) is 3.44. The molecule has 1 amide bonds. The second-order valence-corrected chi connectivity index (χ2v) is 4.90. The van der Waals surface area contributed by atoms with E-state index in [1.165, 1.54) is 0 Å². The van der Waals surface area contributed by atoms with Gasteiger partial charge in [-0.2, -0.15) is 4.98 Å². The highest BCUT2D eigenvalue weighted by molar-refractivity contribution is 5.82. The molecule has 0 saturated carbocycles. The van der Waals surface area contributed by atoms with E-state index in [1.54, 1.807) is 11.8 Å². The first-order valence-corrected chi connectivity index (χ1v) is 5.90. The van der Waals surface area contributed by atoms with Crippen molar-refractivity contribution in [3.63, 3.8) is 0 Å². The Balaban J connectivity index is 2.37. The van der Waals surface area contributed by atoms with Gasteiger partial charge in [0.05, 0.1) is 10.3 Å². The molecule has 0 aliphatic carbocycles. The minimum Gasteiger partial charge on any atom is -0.369 e. The average Bonchev–Trinajstić information content (AvgIpc) is 2.82. The minimum absolute atomic E-state index is 0.0679. The number of hydrogen-bond acceptors (Lipinski definition) is 8. The molecule has 0 aromatic carbocycles. The molecule has 1 aliphatic heterocycles. The van der Waals surface area contributed by atoms with Gasteiger partial charge in [-0.1, -0.05) is 0 Å². The number of nitrogens with zero attached hydrogens (tertiary/aromatic N) is 4. The van der Waals surface area contributed by atoms with Crippen molar-refractivity contribution < 1.29 is 9.72 Å². The van der Waals surface area contributed by atoms with Gasteiger partial charge in [0, 0.05) is 13.1 Å². The van der Waals surface area contributed by atoms with E-state index in [-0.39, 0.29) is 24.0 Å². The Kier molecular flexibility index (Phi) is 3.40. The summed E-state index contributed by atoms with van der Waals surface area (Å²) in [5, 5.41) is 11.0. The van der Waals surface area contributed by atoms with Crippen LogP contribution in [-0.2, 0) is 4.79 Å². The highest BCUT2D eigenvalue weighted by Crippen LogP contribution is 2.36.